The van der Waals surface area contributed by atoms with E-state index in [2.05, 4.69) is 10.1 Å². The number of allylic oxidation sites excluding steroid dienone is 1. The standard InChI is InChI=1S/C31H34N4O5S2/c1-19-22(24(36)30(2,3)4)35-27(38)23(39-6)28(35)41-31(19,17-20-13-9-7-10-14-20)42-29-32-25(37)26(33-34(29)5)40-18-21-15-11-8-12-16-21/h7-16,23,28H,17-18H2,1-6H3/t23-,28+,31?/m0/s1. The number of carbonyl (C=O) groups is 2. The zero-order valence-electron chi connectivity index (χ0n) is 24.5. The van der Waals surface area contributed by atoms with E-state index in [4.69, 9.17) is 9.47 Å². The zero-order valence-corrected chi connectivity index (χ0v) is 26.1. The third kappa shape index (κ3) is 5.65. The summed E-state index contributed by atoms with van der Waals surface area (Å²) in [5, 5.41) is 4.37. The first-order valence-electron chi connectivity index (χ1n) is 13.6. The average molecular weight is 607 g/mol. The van der Waals surface area contributed by atoms with Crippen molar-refractivity contribution >= 4 is 35.2 Å². The summed E-state index contributed by atoms with van der Waals surface area (Å²) in [6.45, 7) is 7.63. The topological polar surface area (TPSA) is 104 Å². The third-order valence-electron chi connectivity index (χ3n) is 7.28. The Morgan fingerprint density at radius 3 is 2.26 bits per heavy atom. The van der Waals surface area contributed by atoms with Crippen LogP contribution in [0.3, 0.4) is 0 Å². The second kappa shape index (κ2) is 11.7. The summed E-state index contributed by atoms with van der Waals surface area (Å²) >= 11 is 2.90. The number of methoxy groups -OCH3 is 1. The predicted octanol–water partition coefficient (Wildman–Crippen LogP) is 4.60. The fraction of sp³-hybridized carbons (Fsp3) is 0.387. The average Bonchev–Trinajstić information content (AvgIpc) is 2.96. The van der Waals surface area contributed by atoms with Gasteiger partial charge in [-0.1, -0.05) is 93.2 Å². The molecule has 2 aliphatic rings. The number of β-lactam (4-membered cyclic amide) rings is 1. The van der Waals surface area contributed by atoms with Gasteiger partial charge in [-0.2, -0.15) is 4.98 Å². The van der Waals surface area contributed by atoms with Crippen molar-refractivity contribution in [2.24, 2.45) is 12.5 Å². The van der Waals surface area contributed by atoms with Crippen molar-refractivity contribution in [2.75, 3.05) is 7.11 Å². The molecule has 1 saturated heterocycles. The summed E-state index contributed by atoms with van der Waals surface area (Å²) in [6.07, 6.45) is -0.183. The molecule has 0 bridgehead atoms. The molecule has 2 aromatic carbocycles. The van der Waals surface area contributed by atoms with E-state index in [0.717, 1.165) is 16.7 Å². The first kappa shape index (κ1) is 30.1. The number of nitrogens with zero attached hydrogens (tertiary/aromatic N) is 4. The molecule has 1 fully saturated rings. The third-order valence-corrected chi connectivity index (χ3v) is 10.7. The molecule has 1 aromatic heterocycles. The maximum absolute atomic E-state index is 13.9. The second-order valence-electron chi connectivity index (χ2n) is 11.3. The lowest BCUT2D eigenvalue weighted by Crippen LogP contribution is -2.68. The number of aromatic nitrogens is 3. The minimum atomic E-state index is -0.804. The largest absolute Gasteiger partial charge is 0.468 e. The van der Waals surface area contributed by atoms with E-state index in [0.29, 0.717) is 17.3 Å². The van der Waals surface area contributed by atoms with Gasteiger partial charge in [0, 0.05) is 26.0 Å². The van der Waals surface area contributed by atoms with Crippen LogP contribution in [0.2, 0.25) is 0 Å². The molecule has 42 heavy (non-hydrogen) atoms. The Labute approximate surface area is 253 Å². The molecule has 5 rings (SSSR count). The molecule has 1 unspecified atom stereocenters. The maximum Gasteiger partial charge on any atom is 0.336 e. The van der Waals surface area contributed by atoms with E-state index in [1.54, 1.807) is 11.9 Å². The number of benzene rings is 2. The monoisotopic (exact) mass is 606 g/mol. The molecule has 0 aliphatic carbocycles. The molecule has 0 spiro atoms. The molecule has 2 aliphatic heterocycles. The maximum atomic E-state index is 13.9. The zero-order chi connectivity index (χ0) is 30.2. The molecule has 9 nitrogen and oxygen atoms in total. The smallest absolute Gasteiger partial charge is 0.336 e. The van der Waals surface area contributed by atoms with Crippen LogP contribution in [0.15, 0.2) is 81.9 Å². The van der Waals surface area contributed by atoms with Crippen LogP contribution < -0.4 is 10.3 Å². The van der Waals surface area contributed by atoms with Gasteiger partial charge in [0.25, 0.3) is 5.91 Å². The van der Waals surface area contributed by atoms with Gasteiger partial charge in [-0.25, -0.2) is 4.68 Å². The van der Waals surface area contributed by atoms with Crippen LogP contribution in [0.5, 0.6) is 5.88 Å². The highest BCUT2D eigenvalue weighted by atomic mass is 32.2. The van der Waals surface area contributed by atoms with Crippen LogP contribution >= 0.6 is 23.5 Å². The minimum absolute atomic E-state index is 0.0924. The van der Waals surface area contributed by atoms with E-state index < -0.39 is 26.5 Å². The van der Waals surface area contributed by atoms with Crippen molar-refractivity contribution < 1.29 is 19.1 Å². The van der Waals surface area contributed by atoms with Gasteiger partial charge in [0.2, 0.25) is 0 Å². The van der Waals surface area contributed by atoms with Crippen LogP contribution in [-0.4, -0.2) is 54.0 Å². The normalized spacial score (nSPS) is 22.0. The Hall–Kier alpha value is -3.41. The van der Waals surface area contributed by atoms with Crippen molar-refractivity contribution in [3.63, 3.8) is 0 Å². The molecule has 3 aromatic rings. The summed E-state index contributed by atoms with van der Waals surface area (Å²) in [6, 6.07) is 19.5. The number of ketones is 1. The Bertz CT molecular complexity index is 1590. The molecule has 0 saturated carbocycles. The van der Waals surface area contributed by atoms with E-state index in [1.807, 2.05) is 88.4 Å². The number of aryl methyl sites for hydroxylation is 1. The lowest BCUT2D eigenvalue weighted by molar-refractivity contribution is -0.160. The highest BCUT2D eigenvalue weighted by molar-refractivity contribution is 8.18. The van der Waals surface area contributed by atoms with Crippen molar-refractivity contribution in [1.29, 1.82) is 0 Å². The summed E-state index contributed by atoms with van der Waals surface area (Å²) in [5.74, 6) is -0.451. The van der Waals surface area contributed by atoms with Gasteiger partial charge < -0.3 is 9.47 Å². The summed E-state index contributed by atoms with van der Waals surface area (Å²) in [4.78, 5) is 46.1. The van der Waals surface area contributed by atoms with Gasteiger partial charge in [0.15, 0.2) is 17.0 Å². The lowest BCUT2D eigenvalue weighted by Gasteiger charge is -2.55. The molecule has 0 radical (unpaired) electrons. The molecule has 3 atom stereocenters. The van der Waals surface area contributed by atoms with E-state index in [9.17, 15) is 14.4 Å². The number of rotatable bonds is 9. The van der Waals surface area contributed by atoms with Crippen molar-refractivity contribution in [3.8, 4) is 5.88 Å². The van der Waals surface area contributed by atoms with Crippen LogP contribution in [0, 0.1) is 5.41 Å². The van der Waals surface area contributed by atoms with Crippen molar-refractivity contribution in [3.05, 3.63) is 93.4 Å². The number of hydrogen-bond acceptors (Lipinski definition) is 9. The number of amides is 1. The van der Waals surface area contributed by atoms with E-state index in [-0.39, 0.29) is 24.2 Å². The number of fused-ring (bicyclic) bond motifs is 1. The molecule has 1 amide bonds. The minimum Gasteiger partial charge on any atom is -0.468 e. The predicted molar refractivity (Wildman–Crippen MR) is 163 cm³/mol. The Balaban J connectivity index is 1.59. The number of thioether (sulfide) groups is 2. The summed E-state index contributed by atoms with van der Waals surface area (Å²) in [7, 11) is 3.22. The fourth-order valence-corrected chi connectivity index (χ4v) is 8.32. The highest BCUT2D eigenvalue weighted by Gasteiger charge is 2.60. The van der Waals surface area contributed by atoms with Gasteiger partial charge in [0.05, 0.1) is 9.78 Å². The van der Waals surface area contributed by atoms with E-state index >= 15 is 0 Å². The van der Waals surface area contributed by atoms with Gasteiger partial charge >= 0.3 is 11.4 Å². The fourth-order valence-electron chi connectivity index (χ4n) is 4.94. The lowest BCUT2D eigenvalue weighted by atomic mass is 9.84. The summed E-state index contributed by atoms with van der Waals surface area (Å²) in [5.41, 5.74) is 1.75. The Kier molecular flexibility index (Phi) is 8.37. The van der Waals surface area contributed by atoms with Crippen molar-refractivity contribution in [2.45, 2.75) is 61.4 Å². The van der Waals surface area contributed by atoms with Gasteiger partial charge in [-0.05, 0) is 23.6 Å². The van der Waals surface area contributed by atoms with Crippen LogP contribution in [0.4, 0.5) is 0 Å². The second-order valence-corrected chi connectivity index (χ2v) is 14.3. The van der Waals surface area contributed by atoms with Crippen molar-refractivity contribution in [1.82, 2.24) is 19.7 Å². The summed E-state index contributed by atoms with van der Waals surface area (Å²) < 4.78 is 12.0. The number of hydrogen-bond donors (Lipinski definition) is 0. The number of carbonyl (C=O) groups excluding carboxylic acids is 2. The molecular weight excluding hydrogens is 572 g/mol. The molecule has 220 valence electrons. The van der Waals surface area contributed by atoms with Gasteiger partial charge in [0.1, 0.15) is 12.0 Å². The Morgan fingerprint density at radius 1 is 1.05 bits per heavy atom. The highest BCUT2D eigenvalue weighted by Crippen LogP contribution is 2.59. The SMILES string of the molecule is CO[C@H]1C(=O)N2C(C(=O)C(C)(C)C)=C(C)C(Cc3ccccc3)(Sc3nc(=O)c(OCc4ccccc4)nn3C)S[C@H]12. The molecule has 3 heterocycles. The molecule has 0 N–H and O–H groups in total. The molecular formula is C31H34N4O5S2. The van der Waals surface area contributed by atoms with Gasteiger partial charge in [-0.15, -0.1) is 16.9 Å². The first-order chi connectivity index (χ1) is 19.9. The van der Waals surface area contributed by atoms with Crippen LogP contribution in [0.1, 0.15) is 38.8 Å². The van der Waals surface area contributed by atoms with E-state index in [1.165, 1.54) is 35.3 Å². The van der Waals surface area contributed by atoms with Gasteiger partial charge in [-0.3, -0.25) is 19.3 Å². The Morgan fingerprint density at radius 2 is 1.67 bits per heavy atom. The van der Waals surface area contributed by atoms with Crippen LogP contribution in [0.25, 0.3) is 0 Å². The molecule has 11 heteroatoms. The number of Topliss-reactive ketones (excluding diaryl/α,β-unsaturated/α-hetero) is 1. The quantitative estimate of drug-likeness (QED) is 0.323. The van der Waals surface area contributed by atoms with Crippen LogP contribution in [-0.2, 0) is 34.4 Å². The number of ether oxygens (including phenoxy) is 2. The first-order valence-corrected chi connectivity index (χ1v) is 15.3.